The summed E-state index contributed by atoms with van der Waals surface area (Å²) in [6.45, 7) is 9.62. The van der Waals surface area contributed by atoms with Gasteiger partial charge in [-0.15, -0.1) is 0 Å². The van der Waals surface area contributed by atoms with Gasteiger partial charge in [0.2, 0.25) is 0 Å². The van der Waals surface area contributed by atoms with Crippen molar-refractivity contribution in [1.29, 1.82) is 0 Å². The number of aryl methyl sites for hydroxylation is 2. The summed E-state index contributed by atoms with van der Waals surface area (Å²) < 4.78 is 11.0. The smallest absolute Gasteiger partial charge is 0.410 e. The number of carbonyl (C=O) groups excluding carboxylic acids is 2. The van der Waals surface area contributed by atoms with Crippen molar-refractivity contribution in [2.45, 2.75) is 84.4 Å². The molecule has 0 N–H and O–H groups in total. The summed E-state index contributed by atoms with van der Waals surface area (Å²) in [4.78, 5) is 28.0. The molecule has 2 atom stereocenters. The lowest BCUT2D eigenvalue weighted by atomic mass is 9.75. The average molecular weight is 388 g/mol. The number of hydrogen-bond donors (Lipinski definition) is 0. The van der Waals surface area contributed by atoms with Crippen LogP contribution in [-0.2, 0) is 4.74 Å². The molecular weight excluding hydrogens is 354 g/mol. The number of rotatable bonds is 3. The van der Waals surface area contributed by atoms with Gasteiger partial charge in [0.05, 0.1) is 7.11 Å². The normalized spacial score (nSPS) is 24.6. The van der Waals surface area contributed by atoms with E-state index in [0.29, 0.717) is 0 Å². The molecule has 2 aliphatic heterocycles. The molecule has 0 spiro atoms. The van der Waals surface area contributed by atoms with Gasteiger partial charge < -0.3 is 14.4 Å². The molecule has 1 aromatic rings. The molecule has 154 valence electrons. The van der Waals surface area contributed by atoms with E-state index in [1.807, 2.05) is 51.7 Å². The molecule has 5 heteroatoms. The van der Waals surface area contributed by atoms with E-state index in [4.69, 9.17) is 9.47 Å². The Bertz CT molecular complexity index is 751. The van der Waals surface area contributed by atoms with Crippen LogP contribution in [-0.4, -0.2) is 41.6 Å². The topological polar surface area (TPSA) is 55.8 Å². The average Bonchev–Trinajstić information content (AvgIpc) is 2.60. The summed E-state index contributed by atoms with van der Waals surface area (Å²) >= 11 is 0. The van der Waals surface area contributed by atoms with Gasteiger partial charge in [-0.05, 0) is 90.0 Å². The zero-order chi connectivity index (χ0) is 20.6. The van der Waals surface area contributed by atoms with Crippen LogP contribution in [0.5, 0.6) is 5.75 Å². The van der Waals surface area contributed by atoms with Gasteiger partial charge in [-0.25, -0.2) is 4.79 Å². The number of amides is 1. The molecule has 2 bridgehead atoms. The highest BCUT2D eigenvalue weighted by Crippen LogP contribution is 2.39. The largest absolute Gasteiger partial charge is 0.496 e. The number of methoxy groups -OCH3 is 1. The van der Waals surface area contributed by atoms with Crippen molar-refractivity contribution in [2.24, 2.45) is 5.92 Å². The molecule has 1 aromatic carbocycles. The maximum absolute atomic E-state index is 13.3. The monoisotopic (exact) mass is 387 g/mol. The molecule has 0 aromatic heterocycles. The number of hydrogen-bond acceptors (Lipinski definition) is 4. The van der Waals surface area contributed by atoms with Crippen LogP contribution < -0.4 is 4.74 Å². The Morgan fingerprint density at radius 2 is 1.64 bits per heavy atom. The fourth-order valence-electron chi connectivity index (χ4n) is 4.70. The molecule has 5 nitrogen and oxygen atoms in total. The minimum absolute atomic E-state index is 0.0412. The summed E-state index contributed by atoms with van der Waals surface area (Å²) in [5, 5.41) is 0. The Hall–Kier alpha value is -2.04. The van der Waals surface area contributed by atoms with E-state index in [1.54, 1.807) is 7.11 Å². The second kappa shape index (κ2) is 7.76. The molecule has 3 rings (SSSR count). The quantitative estimate of drug-likeness (QED) is 0.680. The third-order valence-corrected chi connectivity index (χ3v) is 5.96. The van der Waals surface area contributed by atoms with Crippen molar-refractivity contribution in [3.63, 3.8) is 0 Å². The van der Waals surface area contributed by atoms with Crippen molar-refractivity contribution in [1.82, 2.24) is 4.90 Å². The van der Waals surface area contributed by atoms with Gasteiger partial charge in [-0.2, -0.15) is 0 Å². The summed E-state index contributed by atoms with van der Waals surface area (Å²) in [6.07, 6.45) is 4.21. The highest BCUT2D eigenvalue weighted by atomic mass is 16.6. The molecule has 2 saturated heterocycles. The van der Waals surface area contributed by atoms with Crippen LogP contribution in [0.4, 0.5) is 4.79 Å². The van der Waals surface area contributed by atoms with Crippen molar-refractivity contribution >= 4 is 11.9 Å². The second-order valence-electron chi connectivity index (χ2n) is 9.30. The first-order chi connectivity index (χ1) is 13.1. The Labute approximate surface area is 168 Å². The van der Waals surface area contributed by atoms with Crippen molar-refractivity contribution < 1.29 is 19.1 Å². The van der Waals surface area contributed by atoms with Gasteiger partial charge in [-0.3, -0.25) is 4.79 Å². The fraction of sp³-hybridized carbons (Fsp3) is 0.652. The highest BCUT2D eigenvalue weighted by molar-refractivity contribution is 5.99. The van der Waals surface area contributed by atoms with Crippen LogP contribution in [0.25, 0.3) is 0 Å². The summed E-state index contributed by atoms with van der Waals surface area (Å²) in [6, 6.07) is 4.08. The standard InChI is InChI=1S/C23H33NO4/c1-14-11-20(27-6)15(2)10-19(14)21(25)16-12-17-8-7-9-18(13-16)24(17)22(26)28-23(3,4)5/h10-11,16-18H,7-9,12-13H2,1-6H3. The number of nitrogens with zero attached hydrogens (tertiary/aromatic N) is 1. The van der Waals surface area contributed by atoms with E-state index in [1.165, 1.54) is 0 Å². The third kappa shape index (κ3) is 4.18. The van der Waals surface area contributed by atoms with Crippen LogP contribution in [0.15, 0.2) is 12.1 Å². The number of ketones is 1. The molecule has 2 aliphatic rings. The zero-order valence-corrected chi connectivity index (χ0v) is 18.0. The number of Topliss-reactive ketones (excluding diaryl/α,β-unsaturated/α-hetero) is 1. The zero-order valence-electron chi connectivity index (χ0n) is 18.0. The fourth-order valence-corrected chi connectivity index (χ4v) is 4.70. The van der Waals surface area contributed by atoms with Gasteiger partial charge in [0.15, 0.2) is 5.78 Å². The van der Waals surface area contributed by atoms with Gasteiger partial charge >= 0.3 is 6.09 Å². The maximum Gasteiger partial charge on any atom is 0.410 e. The molecule has 2 heterocycles. The van der Waals surface area contributed by atoms with Gasteiger partial charge in [0.1, 0.15) is 11.4 Å². The van der Waals surface area contributed by atoms with Crippen molar-refractivity contribution in [3.8, 4) is 5.75 Å². The predicted octanol–water partition coefficient (Wildman–Crippen LogP) is 5.06. The van der Waals surface area contributed by atoms with E-state index in [2.05, 4.69) is 0 Å². The second-order valence-corrected chi connectivity index (χ2v) is 9.30. The highest BCUT2D eigenvalue weighted by Gasteiger charge is 2.44. The first-order valence-corrected chi connectivity index (χ1v) is 10.3. The summed E-state index contributed by atoms with van der Waals surface area (Å²) in [5.74, 6) is 0.968. The molecule has 2 fully saturated rings. The minimum Gasteiger partial charge on any atom is -0.496 e. The lowest BCUT2D eigenvalue weighted by Gasteiger charge is -2.48. The Balaban J connectivity index is 1.79. The number of ether oxygens (including phenoxy) is 2. The van der Waals surface area contributed by atoms with Gasteiger partial charge in [-0.1, -0.05) is 0 Å². The summed E-state index contributed by atoms with van der Waals surface area (Å²) in [7, 11) is 1.65. The van der Waals surface area contributed by atoms with E-state index in [0.717, 1.165) is 54.5 Å². The summed E-state index contributed by atoms with van der Waals surface area (Å²) in [5.41, 5.74) is 2.21. The number of fused-ring (bicyclic) bond motifs is 2. The van der Waals surface area contributed by atoms with E-state index in [9.17, 15) is 9.59 Å². The maximum atomic E-state index is 13.3. The lowest BCUT2D eigenvalue weighted by molar-refractivity contribution is -0.0260. The molecule has 0 radical (unpaired) electrons. The Morgan fingerprint density at radius 3 is 2.18 bits per heavy atom. The predicted molar refractivity (Wildman–Crippen MR) is 109 cm³/mol. The van der Waals surface area contributed by atoms with Crippen LogP contribution in [0, 0.1) is 19.8 Å². The van der Waals surface area contributed by atoms with E-state index >= 15 is 0 Å². The molecule has 0 saturated carbocycles. The van der Waals surface area contributed by atoms with E-state index < -0.39 is 5.60 Å². The molecule has 2 unspecified atom stereocenters. The van der Waals surface area contributed by atoms with Crippen LogP contribution in [0.1, 0.15) is 74.4 Å². The Kier molecular flexibility index (Phi) is 5.74. The molecule has 28 heavy (non-hydrogen) atoms. The molecular formula is C23H33NO4. The first-order valence-electron chi connectivity index (χ1n) is 10.3. The van der Waals surface area contributed by atoms with Gasteiger partial charge in [0, 0.05) is 23.6 Å². The number of benzene rings is 1. The minimum atomic E-state index is -0.504. The third-order valence-electron chi connectivity index (χ3n) is 5.96. The molecule has 1 amide bonds. The number of carbonyl (C=O) groups is 2. The van der Waals surface area contributed by atoms with Crippen molar-refractivity contribution in [2.75, 3.05) is 7.11 Å². The van der Waals surface area contributed by atoms with Crippen molar-refractivity contribution in [3.05, 3.63) is 28.8 Å². The number of piperidine rings is 2. The SMILES string of the molecule is COc1cc(C)c(C(=O)C2CC3CCCC(C2)N3C(=O)OC(C)(C)C)cc1C. The van der Waals surface area contributed by atoms with Crippen LogP contribution in [0.3, 0.4) is 0 Å². The Morgan fingerprint density at radius 1 is 1.04 bits per heavy atom. The van der Waals surface area contributed by atoms with E-state index in [-0.39, 0.29) is 29.9 Å². The van der Waals surface area contributed by atoms with Gasteiger partial charge in [0.25, 0.3) is 0 Å². The molecule has 0 aliphatic carbocycles. The first kappa shape index (κ1) is 20.7. The van der Waals surface area contributed by atoms with Crippen LogP contribution in [0.2, 0.25) is 0 Å². The lowest BCUT2D eigenvalue weighted by Crippen LogP contribution is -2.56. The van der Waals surface area contributed by atoms with Crippen LogP contribution >= 0.6 is 0 Å².